The van der Waals surface area contributed by atoms with Gasteiger partial charge in [-0.15, -0.1) is 0 Å². The van der Waals surface area contributed by atoms with E-state index >= 15 is 0 Å². The Kier molecular flexibility index (Phi) is 3.87. The summed E-state index contributed by atoms with van der Waals surface area (Å²) in [6.45, 7) is 6.99. The summed E-state index contributed by atoms with van der Waals surface area (Å²) in [7, 11) is 0. The van der Waals surface area contributed by atoms with Gasteiger partial charge in [0, 0.05) is 0 Å². The molecule has 4 saturated carbocycles. The first-order valence-corrected chi connectivity index (χ1v) is 10.2. The molecule has 4 fully saturated rings. The van der Waals surface area contributed by atoms with Gasteiger partial charge >= 0.3 is 0 Å². The number of aliphatic hydroxyl groups is 1. The quantitative estimate of drug-likeness (QED) is 0.688. The maximum absolute atomic E-state index is 13.9. The lowest BCUT2D eigenvalue weighted by Gasteiger charge is -2.61. The van der Waals surface area contributed by atoms with Gasteiger partial charge in [-0.1, -0.05) is 13.8 Å². The molecule has 1 nitrogen and oxygen atoms in total. The number of alkyl halides is 1. The minimum absolute atomic E-state index is 0.157. The van der Waals surface area contributed by atoms with E-state index in [0.717, 1.165) is 37.0 Å². The summed E-state index contributed by atoms with van der Waals surface area (Å²) in [4.78, 5) is 0. The van der Waals surface area contributed by atoms with Crippen LogP contribution in [-0.2, 0) is 0 Å². The SMILES string of the molecule is C[C@@H](O)[C@H]1CCC2C3CC[C@H]4C[C@@H](F)CC[C@]4(C)C3CC[C@@]21C. The standard InChI is InChI=1S/C21H35FO/c1-13(23)17-6-7-18-16-5-4-14-12-15(22)8-10-20(14,2)19(16)9-11-21(17,18)3/h13-19,23H,4-12H2,1-3H3/t13-,14+,15+,16?,17-,18?,19?,20+,21-/m1/s1. The molecule has 4 rings (SSSR count). The normalized spacial score (nSPS) is 57.3. The number of halogens is 1. The van der Waals surface area contributed by atoms with Crippen molar-refractivity contribution >= 4 is 0 Å². The average molecular weight is 323 g/mol. The molecule has 4 aliphatic rings. The van der Waals surface area contributed by atoms with Crippen LogP contribution >= 0.6 is 0 Å². The van der Waals surface area contributed by atoms with Crippen molar-refractivity contribution in [1.29, 1.82) is 0 Å². The van der Waals surface area contributed by atoms with Crippen molar-refractivity contribution in [3.8, 4) is 0 Å². The second-order valence-corrected chi connectivity index (χ2v) is 10.00. The van der Waals surface area contributed by atoms with Crippen LogP contribution in [0, 0.1) is 40.4 Å². The van der Waals surface area contributed by atoms with Gasteiger partial charge in [0.2, 0.25) is 0 Å². The summed E-state index contributed by atoms with van der Waals surface area (Å²) in [6.07, 6.45) is 9.78. The number of hydrogen-bond donors (Lipinski definition) is 1. The van der Waals surface area contributed by atoms with Crippen LogP contribution in [0.4, 0.5) is 4.39 Å². The molecule has 0 aromatic heterocycles. The van der Waals surface area contributed by atoms with E-state index in [-0.39, 0.29) is 6.10 Å². The van der Waals surface area contributed by atoms with Crippen molar-refractivity contribution < 1.29 is 9.50 Å². The van der Waals surface area contributed by atoms with Gasteiger partial charge in [0.05, 0.1) is 6.10 Å². The molecular formula is C21H35FO. The molecule has 4 aliphatic carbocycles. The molecule has 2 heteroatoms. The van der Waals surface area contributed by atoms with Gasteiger partial charge in [-0.25, -0.2) is 4.39 Å². The van der Waals surface area contributed by atoms with Gasteiger partial charge in [0.1, 0.15) is 6.17 Å². The maximum atomic E-state index is 13.9. The number of hydrogen-bond acceptors (Lipinski definition) is 1. The summed E-state index contributed by atoms with van der Waals surface area (Å²) in [6, 6.07) is 0. The third-order valence-electron chi connectivity index (χ3n) is 9.26. The molecule has 0 aromatic carbocycles. The smallest absolute Gasteiger partial charge is 0.100 e. The van der Waals surface area contributed by atoms with Gasteiger partial charge in [-0.3, -0.25) is 0 Å². The summed E-state index contributed by atoms with van der Waals surface area (Å²) in [5.41, 5.74) is 0.756. The summed E-state index contributed by atoms with van der Waals surface area (Å²) in [5, 5.41) is 10.3. The maximum Gasteiger partial charge on any atom is 0.100 e. The van der Waals surface area contributed by atoms with Crippen molar-refractivity contribution in [2.75, 3.05) is 0 Å². The van der Waals surface area contributed by atoms with Gasteiger partial charge < -0.3 is 5.11 Å². The highest BCUT2D eigenvalue weighted by Crippen LogP contribution is 2.67. The van der Waals surface area contributed by atoms with Crippen LogP contribution in [0.1, 0.15) is 78.6 Å². The Balaban J connectivity index is 1.60. The molecule has 9 atom stereocenters. The van der Waals surface area contributed by atoms with E-state index in [4.69, 9.17) is 0 Å². The lowest BCUT2D eigenvalue weighted by molar-refractivity contribution is -0.126. The predicted molar refractivity (Wildman–Crippen MR) is 91.8 cm³/mol. The highest BCUT2D eigenvalue weighted by molar-refractivity contribution is 5.09. The lowest BCUT2D eigenvalue weighted by Crippen LogP contribution is -2.54. The van der Waals surface area contributed by atoms with Crippen molar-refractivity contribution in [3.05, 3.63) is 0 Å². The van der Waals surface area contributed by atoms with E-state index in [1.807, 2.05) is 6.92 Å². The first kappa shape index (κ1) is 16.4. The molecule has 0 aliphatic heterocycles. The molecule has 0 amide bonds. The molecule has 0 bridgehead atoms. The summed E-state index contributed by atoms with van der Waals surface area (Å²) in [5.74, 6) is 3.60. The largest absolute Gasteiger partial charge is 0.393 e. The molecular weight excluding hydrogens is 287 g/mol. The second-order valence-electron chi connectivity index (χ2n) is 10.00. The molecule has 0 spiro atoms. The zero-order valence-corrected chi connectivity index (χ0v) is 15.2. The number of fused-ring (bicyclic) bond motifs is 5. The van der Waals surface area contributed by atoms with Crippen molar-refractivity contribution in [2.45, 2.75) is 90.8 Å². The molecule has 132 valence electrons. The highest BCUT2D eigenvalue weighted by Gasteiger charge is 2.60. The Morgan fingerprint density at radius 3 is 2.35 bits per heavy atom. The van der Waals surface area contributed by atoms with Gasteiger partial charge in [0.15, 0.2) is 0 Å². The highest BCUT2D eigenvalue weighted by atomic mass is 19.1. The Bertz CT molecular complexity index is 463. The number of rotatable bonds is 1. The molecule has 3 unspecified atom stereocenters. The average Bonchev–Trinajstić information content (AvgIpc) is 2.85. The van der Waals surface area contributed by atoms with Crippen molar-refractivity contribution in [1.82, 2.24) is 0 Å². The van der Waals surface area contributed by atoms with E-state index < -0.39 is 6.17 Å². The third-order valence-corrected chi connectivity index (χ3v) is 9.26. The first-order chi connectivity index (χ1) is 10.9. The van der Waals surface area contributed by atoms with Gasteiger partial charge in [-0.2, -0.15) is 0 Å². The van der Waals surface area contributed by atoms with Crippen molar-refractivity contribution in [3.63, 3.8) is 0 Å². The second kappa shape index (κ2) is 5.44. The Morgan fingerprint density at radius 1 is 0.913 bits per heavy atom. The van der Waals surface area contributed by atoms with Crippen LogP contribution in [0.2, 0.25) is 0 Å². The predicted octanol–water partition coefficient (Wildman–Crippen LogP) is 5.36. The van der Waals surface area contributed by atoms with Crippen LogP contribution in [0.5, 0.6) is 0 Å². The molecule has 23 heavy (non-hydrogen) atoms. The van der Waals surface area contributed by atoms with E-state index in [0.29, 0.717) is 22.7 Å². The topological polar surface area (TPSA) is 20.2 Å². The minimum atomic E-state index is -0.537. The Hall–Kier alpha value is -0.110. The Labute approximate surface area is 141 Å². The van der Waals surface area contributed by atoms with Gasteiger partial charge in [-0.05, 0) is 105 Å². The molecule has 0 aromatic rings. The zero-order chi connectivity index (χ0) is 16.4. The van der Waals surface area contributed by atoms with Crippen LogP contribution in [0.15, 0.2) is 0 Å². The third kappa shape index (κ3) is 2.26. The van der Waals surface area contributed by atoms with E-state index in [9.17, 15) is 9.50 Å². The van der Waals surface area contributed by atoms with Crippen molar-refractivity contribution in [2.24, 2.45) is 40.4 Å². The van der Waals surface area contributed by atoms with E-state index in [1.165, 1.54) is 38.5 Å². The van der Waals surface area contributed by atoms with Crippen LogP contribution in [-0.4, -0.2) is 17.4 Å². The van der Waals surface area contributed by atoms with Crippen LogP contribution < -0.4 is 0 Å². The first-order valence-electron chi connectivity index (χ1n) is 10.2. The fraction of sp³-hybridized carbons (Fsp3) is 1.00. The van der Waals surface area contributed by atoms with Crippen LogP contribution in [0.3, 0.4) is 0 Å². The fourth-order valence-corrected chi connectivity index (χ4v) is 8.04. The summed E-state index contributed by atoms with van der Waals surface area (Å²) < 4.78 is 13.9. The molecule has 1 N–H and O–H groups in total. The number of aliphatic hydroxyl groups excluding tert-OH is 1. The van der Waals surface area contributed by atoms with Gasteiger partial charge in [0.25, 0.3) is 0 Å². The summed E-state index contributed by atoms with van der Waals surface area (Å²) >= 11 is 0. The molecule has 0 heterocycles. The monoisotopic (exact) mass is 322 g/mol. The van der Waals surface area contributed by atoms with E-state index in [2.05, 4.69) is 13.8 Å². The molecule has 0 radical (unpaired) electrons. The van der Waals surface area contributed by atoms with E-state index in [1.54, 1.807) is 0 Å². The fourth-order valence-electron chi connectivity index (χ4n) is 8.04. The zero-order valence-electron chi connectivity index (χ0n) is 15.2. The Morgan fingerprint density at radius 2 is 1.61 bits per heavy atom. The van der Waals surface area contributed by atoms with Crippen LogP contribution in [0.25, 0.3) is 0 Å². The lowest BCUT2D eigenvalue weighted by atomic mass is 9.44. The minimum Gasteiger partial charge on any atom is -0.393 e. The molecule has 0 saturated heterocycles.